The molecule has 0 heterocycles. The van der Waals surface area contributed by atoms with Crippen molar-refractivity contribution in [2.45, 2.75) is 59.3 Å². The van der Waals surface area contributed by atoms with Gasteiger partial charge in [0.1, 0.15) is 6.29 Å². The topological polar surface area (TPSA) is 17.1 Å². The molecule has 0 radical (unpaired) electrons. The highest BCUT2D eigenvalue weighted by Gasteiger charge is 2.06. The van der Waals surface area contributed by atoms with Crippen LogP contribution in [-0.2, 0) is 4.79 Å². The van der Waals surface area contributed by atoms with Crippen molar-refractivity contribution in [3.8, 4) is 0 Å². The Hall–Kier alpha value is -0.590. The Morgan fingerprint density at radius 3 is 2.50 bits per heavy atom. The minimum absolute atomic E-state index is 0.481. The summed E-state index contributed by atoms with van der Waals surface area (Å²) in [7, 11) is 0. The highest BCUT2D eigenvalue weighted by Crippen LogP contribution is 2.18. The Morgan fingerprint density at radius 2 is 2.00 bits per heavy atom. The zero-order valence-corrected chi connectivity index (χ0v) is 9.88. The number of hydrogen-bond acceptors (Lipinski definition) is 1. The number of hydrogen-bond donors (Lipinski definition) is 0. The molecule has 82 valence electrons. The molecule has 1 atom stereocenters. The van der Waals surface area contributed by atoms with Crippen molar-refractivity contribution in [3.63, 3.8) is 0 Å². The lowest BCUT2D eigenvalue weighted by molar-refractivity contribution is -0.108. The van der Waals surface area contributed by atoms with Crippen LogP contribution in [0.3, 0.4) is 0 Å². The van der Waals surface area contributed by atoms with Crippen LogP contribution in [-0.4, -0.2) is 6.29 Å². The minimum atomic E-state index is 0.481. The Bertz CT molecular complexity index is 170. The third-order valence-electron chi connectivity index (χ3n) is 2.79. The third-order valence-corrected chi connectivity index (χ3v) is 2.79. The van der Waals surface area contributed by atoms with E-state index in [9.17, 15) is 4.79 Å². The maximum Gasteiger partial charge on any atom is 0.120 e. The van der Waals surface area contributed by atoms with E-state index in [1.807, 2.05) is 0 Å². The van der Waals surface area contributed by atoms with Crippen LogP contribution in [0.4, 0.5) is 0 Å². The van der Waals surface area contributed by atoms with Gasteiger partial charge in [0.05, 0.1) is 0 Å². The predicted octanol–water partition coefficient (Wildman–Crippen LogP) is 4.13. The van der Waals surface area contributed by atoms with E-state index in [1.165, 1.54) is 31.3 Å². The summed E-state index contributed by atoms with van der Waals surface area (Å²) in [5.74, 6) is 0.481. The van der Waals surface area contributed by atoms with Crippen molar-refractivity contribution in [2.75, 3.05) is 0 Å². The van der Waals surface area contributed by atoms with E-state index in [2.05, 4.69) is 26.8 Å². The quantitative estimate of drug-likeness (QED) is 0.324. The summed E-state index contributed by atoms with van der Waals surface area (Å²) in [6.07, 6.45) is 10.2. The molecule has 1 unspecified atom stereocenters. The second-order valence-corrected chi connectivity index (χ2v) is 3.95. The molecule has 14 heavy (non-hydrogen) atoms. The second kappa shape index (κ2) is 8.98. The van der Waals surface area contributed by atoms with Crippen LogP contribution in [0.25, 0.3) is 0 Å². The van der Waals surface area contributed by atoms with Crippen LogP contribution < -0.4 is 0 Å². The molecular weight excluding hydrogens is 172 g/mol. The Labute approximate surface area is 88.6 Å². The predicted molar refractivity (Wildman–Crippen MR) is 62.4 cm³/mol. The third kappa shape index (κ3) is 5.95. The van der Waals surface area contributed by atoms with Gasteiger partial charge >= 0.3 is 0 Å². The van der Waals surface area contributed by atoms with Crippen LogP contribution in [0.15, 0.2) is 11.6 Å². The largest absolute Gasteiger partial charge is 0.303 e. The molecule has 0 bridgehead atoms. The molecule has 1 heteroatoms. The van der Waals surface area contributed by atoms with Gasteiger partial charge in [0.15, 0.2) is 0 Å². The van der Waals surface area contributed by atoms with Crippen molar-refractivity contribution in [1.29, 1.82) is 0 Å². The lowest BCUT2D eigenvalue weighted by Crippen LogP contribution is -2.01. The molecule has 0 aliphatic heterocycles. The lowest BCUT2D eigenvalue weighted by atomic mass is 9.93. The molecule has 0 fully saturated rings. The van der Waals surface area contributed by atoms with Crippen molar-refractivity contribution in [1.82, 2.24) is 0 Å². The maximum absolute atomic E-state index is 10.4. The van der Waals surface area contributed by atoms with Gasteiger partial charge in [0.2, 0.25) is 0 Å². The molecule has 1 nitrogen and oxygen atoms in total. The first-order valence-corrected chi connectivity index (χ1v) is 5.86. The van der Waals surface area contributed by atoms with E-state index in [1.54, 1.807) is 0 Å². The van der Waals surface area contributed by atoms with Crippen LogP contribution in [0.2, 0.25) is 0 Å². The minimum Gasteiger partial charge on any atom is -0.303 e. The highest BCUT2D eigenvalue weighted by atomic mass is 16.1. The molecule has 0 amide bonds. The molecule has 0 saturated heterocycles. The first-order valence-electron chi connectivity index (χ1n) is 5.86. The van der Waals surface area contributed by atoms with Gasteiger partial charge < -0.3 is 4.79 Å². The summed E-state index contributed by atoms with van der Waals surface area (Å²) in [6, 6.07) is 0. The second-order valence-electron chi connectivity index (χ2n) is 3.95. The molecule has 0 aliphatic carbocycles. The number of unbranched alkanes of at least 4 members (excludes halogenated alkanes) is 3. The van der Waals surface area contributed by atoms with E-state index in [0.717, 1.165) is 12.7 Å². The maximum atomic E-state index is 10.4. The highest BCUT2D eigenvalue weighted by molar-refractivity contribution is 5.50. The van der Waals surface area contributed by atoms with Gasteiger partial charge in [0.25, 0.3) is 0 Å². The van der Waals surface area contributed by atoms with Gasteiger partial charge in [-0.1, -0.05) is 38.3 Å². The molecule has 0 aliphatic rings. The van der Waals surface area contributed by atoms with Crippen LogP contribution in [0.5, 0.6) is 0 Å². The Morgan fingerprint density at radius 1 is 1.29 bits per heavy atom. The fourth-order valence-corrected chi connectivity index (χ4v) is 1.68. The van der Waals surface area contributed by atoms with Crippen LogP contribution >= 0.6 is 0 Å². The van der Waals surface area contributed by atoms with Gasteiger partial charge in [-0.05, 0) is 32.1 Å². The lowest BCUT2D eigenvalue weighted by Gasteiger charge is -2.12. The van der Waals surface area contributed by atoms with Crippen molar-refractivity contribution in [2.24, 2.45) is 5.92 Å². The standard InChI is InChI=1S/C13H24O/c1-4-6-7-8-9-12(3)13(5-2)10-11-14/h9,11,13H,4-8,10H2,1-3H3. The van der Waals surface area contributed by atoms with Gasteiger partial charge in [-0.2, -0.15) is 0 Å². The molecule has 0 rings (SSSR count). The van der Waals surface area contributed by atoms with E-state index in [-0.39, 0.29) is 0 Å². The number of carbonyl (C=O) groups excluding carboxylic acids is 1. The SMILES string of the molecule is CCCCCC=C(C)C(CC)CC=O. The van der Waals surface area contributed by atoms with E-state index < -0.39 is 0 Å². The number of allylic oxidation sites excluding steroid dienone is 2. The van der Waals surface area contributed by atoms with Gasteiger partial charge in [-0.25, -0.2) is 0 Å². The Balaban J connectivity index is 3.86. The zero-order valence-electron chi connectivity index (χ0n) is 9.88. The molecule has 0 aromatic rings. The average Bonchev–Trinajstić information content (AvgIpc) is 2.20. The molecule has 0 N–H and O–H groups in total. The molecular formula is C13H24O. The van der Waals surface area contributed by atoms with Crippen molar-refractivity contribution in [3.05, 3.63) is 11.6 Å². The Kier molecular flexibility index (Phi) is 8.61. The summed E-state index contributed by atoms with van der Waals surface area (Å²) >= 11 is 0. The summed E-state index contributed by atoms with van der Waals surface area (Å²) in [5, 5.41) is 0. The van der Waals surface area contributed by atoms with E-state index in [4.69, 9.17) is 0 Å². The molecule has 0 spiro atoms. The average molecular weight is 196 g/mol. The van der Waals surface area contributed by atoms with Gasteiger partial charge in [-0.15, -0.1) is 0 Å². The normalized spacial score (nSPS) is 14.1. The van der Waals surface area contributed by atoms with Crippen molar-refractivity contribution < 1.29 is 4.79 Å². The molecule has 0 aromatic heterocycles. The monoisotopic (exact) mass is 196 g/mol. The van der Waals surface area contributed by atoms with Gasteiger partial charge in [-0.3, -0.25) is 0 Å². The van der Waals surface area contributed by atoms with E-state index >= 15 is 0 Å². The fraction of sp³-hybridized carbons (Fsp3) is 0.769. The molecule has 0 aromatic carbocycles. The number of carbonyl (C=O) groups is 1. The van der Waals surface area contributed by atoms with Crippen LogP contribution in [0, 0.1) is 5.92 Å². The van der Waals surface area contributed by atoms with E-state index in [0.29, 0.717) is 12.3 Å². The van der Waals surface area contributed by atoms with Crippen molar-refractivity contribution >= 4 is 6.29 Å². The fourth-order valence-electron chi connectivity index (χ4n) is 1.68. The first-order chi connectivity index (χ1) is 6.76. The van der Waals surface area contributed by atoms with Crippen LogP contribution in [0.1, 0.15) is 59.3 Å². The summed E-state index contributed by atoms with van der Waals surface area (Å²) in [6.45, 7) is 6.53. The smallest absolute Gasteiger partial charge is 0.120 e. The number of aldehydes is 1. The summed E-state index contributed by atoms with van der Waals surface area (Å²) in [5.41, 5.74) is 1.40. The zero-order chi connectivity index (χ0) is 10.8. The molecule has 0 saturated carbocycles. The van der Waals surface area contributed by atoms with Gasteiger partial charge in [0, 0.05) is 6.42 Å². The number of rotatable bonds is 8. The summed E-state index contributed by atoms with van der Waals surface area (Å²) in [4.78, 5) is 10.4. The first kappa shape index (κ1) is 13.4. The summed E-state index contributed by atoms with van der Waals surface area (Å²) < 4.78 is 0.